The van der Waals surface area contributed by atoms with Crippen molar-refractivity contribution in [2.24, 2.45) is 7.05 Å². The highest BCUT2D eigenvalue weighted by Gasteiger charge is 2.22. The molecule has 0 spiro atoms. The van der Waals surface area contributed by atoms with Gasteiger partial charge in [0.05, 0.1) is 5.69 Å². The SMILES string of the molecule is Cc1nnc(N2CCN(c3ccccn3)CC2)c2cn(C)c(C)c12. The van der Waals surface area contributed by atoms with Gasteiger partial charge in [-0.25, -0.2) is 4.98 Å². The van der Waals surface area contributed by atoms with Gasteiger partial charge in [-0.15, -0.1) is 5.10 Å². The first-order valence-electron chi connectivity index (χ1n) is 8.35. The number of hydrogen-bond acceptors (Lipinski definition) is 5. The van der Waals surface area contributed by atoms with Crippen LogP contribution in [0.15, 0.2) is 30.6 Å². The highest BCUT2D eigenvalue weighted by molar-refractivity contribution is 5.95. The molecule has 0 aromatic carbocycles. The molecule has 6 nitrogen and oxygen atoms in total. The molecule has 0 N–H and O–H groups in total. The van der Waals surface area contributed by atoms with Crippen molar-refractivity contribution in [2.75, 3.05) is 36.0 Å². The van der Waals surface area contributed by atoms with Crippen molar-refractivity contribution in [1.82, 2.24) is 19.7 Å². The molecule has 0 radical (unpaired) electrons. The van der Waals surface area contributed by atoms with Gasteiger partial charge in [-0.2, -0.15) is 5.10 Å². The summed E-state index contributed by atoms with van der Waals surface area (Å²) in [5.74, 6) is 2.05. The van der Waals surface area contributed by atoms with Gasteiger partial charge in [0.15, 0.2) is 5.82 Å². The second kappa shape index (κ2) is 5.78. The number of rotatable bonds is 2. The van der Waals surface area contributed by atoms with Gasteiger partial charge < -0.3 is 14.4 Å². The Morgan fingerprint density at radius 2 is 1.71 bits per heavy atom. The Kier molecular flexibility index (Phi) is 3.59. The molecule has 1 fully saturated rings. The van der Waals surface area contributed by atoms with E-state index in [-0.39, 0.29) is 0 Å². The molecule has 4 rings (SSSR count). The second-order valence-electron chi connectivity index (χ2n) is 6.39. The van der Waals surface area contributed by atoms with Crippen molar-refractivity contribution in [3.05, 3.63) is 42.0 Å². The fourth-order valence-corrected chi connectivity index (χ4v) is 3.50. The lowest BCUT2D eigenvalue weighted by Gasteiger charge is -2.36. The summed E-state index contributed by atoms with van der Waals surface area (Å²) in [5, 5.41) is 11.3. The van der Waals surface area contributed by atoms with Gasteiger partial charge in [-0.05, 0) is 26.0 Å². The molecule has 0 atom stereocenters. The Hall–Kier alpha value is -2.63. The van der Waals surface area contributed by atoms with E-state index in [1.165, 1.54) is 16.5 Å². The summed E-state index contributed by atoms with van der Waals surface area (Å²) in [4.78, 5) is 9.12. The van der Waals surface area contributed by atoms with E-state index in [0.29, 0.717) is 0 Å². The second-order valence-corrected chi connectivity index (χ2v) is 6.39. The average Bonchev–Trinajstić information content (AvgIpc) is 2.92. The van der Waals surface area contributed by atoms with Gasteiger partial charge in [0.2, 0.25) is 0 Å². The molecular weight excluding hydrogens is 300 g/mol. The molecule has 6 heteroatoms. The Bertz CT molecular complexity index is 862. The predicted octanol–water partition coefficient (Wildman–Crippen LogP) is 2.31. The molecule has 0 unspecified atom stereocenters. The molecular formula is C18H22N6. The molecule has 4 heterocycles. The number of pyridine rings is 1. The summed E-state index contributed by atoms with van der Waals surface area (Å²) in [6, 6.07) is 6.06. The van der Waals surface area contributed by atoms with Gasteiger partial charge in [-0.1, -0.05) is 6.07 Å². The van der Waals surface area contributed by atoms with Crippen LogP contribution in [0.3, 0.4) is 0 Å². The summed E-state index contributed by atoms with van der Waals surface area (Å²) >= 11 is 0. The van der Waals surface area contributed by atoms with Crippen LogP contribution in [0, 0.1) is 13.8 Å². The summed E-state index contributed by atoms with van der Waals surface area (Å²) in [5.41, 5.74) is 2.24. The van der Waals surface area contributed by atoms with E-state index in [4.69, 9.17) is 0 Å². The largest absolute Gasteiger partial charge is 0.353 e. The number of fused-ring (bicyclic) bond motifs is 1. The lowest BCUT2D eigenvalue weighted by atomic mass is 10.2. The number of hydrogen-bond donors (Lipinski definition) is 0. The van der Waals surface area contributed by atoms with Crippen molar-refractivity contribution >= 4 is 22.4 Å². The summed E-state index contributed by atoms with van der Waals surface area (Å²) in [6.45, 7) is 7.92. The molecule has 0 saturated carbocycles. The standard InChI is InChI=1S/C18H22N6/c1-13-17-14(2)22(3)12-15(17)18(21-20-13)24-10-8-23(9-11-24)16-6-4-5-7-19-16/h4-7,12H,8-11H2,1-3H3. The van der Waals surface area contributed by atoms with Crippen LogP contribution in [-0.2, 0) is 7.05 Å². The van der Waals surface area contributed by atoms with Gasteiger partial charge in [0, 0.05) is 62.1 Å². The molecule has 0 aliphatic carbocycles. The molecule has 0 amide bonds. The van der Waals surface area contributed by atoms with Crippen molar-refractivity contribution in [3.8, 4) is 0 Å². The smallest absolute Gasteiger partial charge is 0.160 e. The highest BCUT2D eigenvalue weighted by atomic mass is 15.3. The van der Waals surface area contributed by atoms with E-state index < -0.39 is 0 Å². The van der Waals surface area contributed by atoms with Crippen molar-refractivity contribution in [3.63, 3.8) is 0 Å². The monoisotopic (exact) mass is 322 g/mol. The van der Waals surface area contributed by atoms with Crippen molar-refractivity contribution in [1.29, 1.82) is 0 Å². The normalized spacial score (nSPS) is 15.3. The minimum absolute atomic E-state index is 0.928. The first-order valence-corrected chi connectivity index (χ1v) is 8.35. The summed E-state index contributed by atoms with van der Waals surface area (Å²) < 4.78 is 2.16. The Morgan fingerprint density at radius 3 is 2.42 bits per heavy atom. The maximum Gasteiger partial charge on any atom is 0.160 e. The van der Waals surface area contributed by atoms with E-state index in [0.717, 1.165) is 43.5 Å². The first kappa shape index (κ1) is 14.9. The fraction of sp³-hybridized carbons (Fsp3) is 0.389. The zero-order chi connectivity index (χ0) is 16.7. The van der Waals surface area contributed by atoms with E-state index in [1.54, 1.807) is 0 Å². The number of aryl methyl sites for hydroxylation is 3. The molecule has 124 valence electrons. The number of aromatic nitrogens is 4. The minimum Gasteiger partial charge on any atom is -0.353 e. The minimum atomic E-state index is 0.928. The number of nitrogens with zero attached hydrogens (tertiary/aromatic N) is 6. The molecule has 1 aliphatic heterocycles. The van der Waals surface area contributed by atoms with Gasteiger partial charge >= 0.3 is 0 Å². The third-order valence-corrected chi connectivity index (χ3v) is 4.93. The molecule has 1 saturated heterocycles. The maximum atomic E-state index is 4.51. The Labute approximate surface area is 141 Å². The Morgan fingerprint density at radius 1 is 0.958 bits per heavy atom. The van der Waals surface area contributed by atoms with E-state index in [1.807, 2.05) is 25.3 Å². The Balaban J connectivity index is 1.61. The topological polar surface area (TPSA) is 50.1 Å². The van der Waals surface area contributed by atoms with Crippen LogP contribution < -0.4 is 9.80 Å². The quantitative estimate of drug-likeness (QED) is 0.725. The fourth-order valence-electron chi connectivity index (χ4n) is 3.50. The molecule has 24 heavy (non-hydrogen) atoms. The van der Waals surface area contributed by atoms with Crippen LogP contribution in [0.4, 0.5) is 11.6 Å². The lowest BCUT2D eigenvalue weighted by Crippen LogP contribution is -2.47. The van der Waals surface area contributed by atoms with Crippen LogP contribution in [0.1, 0.15) is 11.4 Å². The van der Waals surface area contributed by atoms with Gasteiger partial charge in [0.1, 0.15) is 5.82 Å². The molecule has 3 aromatic rings. The maximum absolute atomic E-state index is 4.51. The predicted molar refractivity (Wildman–Crippen MR) is 96.6 cm³/mol. The average molecular weight is 322 g/mol. The number of anilines is 2. The lowest BCUT2D eigenvalue weighted by molar-refractivity contribution is 0.640. The van der Waals surface area contributed by atoms with Gasteiger partial charge in [-0.3, -0.25) is 0 Å². The van der Waals surface area contributed by atoms with Crippen LogP contribution in [0.2, 0.25) is 0 Å². The molecule has 1 aliphatic rings. The summed E-state index contributed by atoms with van der Waals surface area (Å²) in [6.07, 6.45) is 4.02. The van der Waals surface area contributed by atoms with Crippen molar-refractivity contribution in [2.45, 2.75) is 13.8 Å². The zero-order valence-electron chi connectivity index (χ0n) is 14.4. The third-order valence-electron chi connectivity index (χ3n) is 4.93. The van der Waals surface area contributed by atoms with Gasteiger partial charge in [0.25, 0.3) is 0 Å². The number of piperazine rings is 1. The van der Waals surface area contributed by atoms with Crippen molar-refractivity contribution < 1.29 is 0 Å². The van der Waals surface area contributed by atoms with Crippen LogP contribution >= 0.6 is 0 Å². The highest BCUT2D eigenvalue weighted by Crippen LogP contribution is 2.30. The van der Waals surface area contributed by atoms with Crippen LogP contribution in [-0.4, -0.2) is 45.9 Å². The van der Waals surface area contributed by atoms with Crippen LogP contribution in [0.25, 0.3) is 10.8 Å². The van der Waals surface area contributed by atoms with E-state index in [2.05, 4.69) is 55.8 Å². The first-order chi connectivity index (χ1) is 11.6. The third kappa shape index (κ3) is 2.38. The summed E-state index contributed by atoms with van der Waals surface area (Å²) in [7, 11) is 2.08. The van der Waals surface area contributed by atoms with E-state index in [9.17, 15) is 0 Å². The van der Waals surface area contributed by atoms with Crippen LogP contribution in [0.5, 0.6) is 0 Å². The molecule has 3 aromatic heterocycles. The zero-order valence-corrected chi connectivity index (χ0v) is 14.4. The molecule has 0 bridgehead atoms. The van der Waals surface area contributed by atoms with E-state index >= 15 is 0 Å².